The van der Waals surface area contributed by atoms with Gasteiger partial charge in [-0.15, -0.1) is 11.8 Å². The second-order valence-electron chi connectivity index (χ2n) is 4.90. The molecule has 0 radical (unpaired) electrons. The van der Waals surface area contributed by atoms with Crippen LogP contribution in [0.3, 0.4) is 0 Å². The van der Waals surface area contributed by atoms with Crippen LogP contribution in [0.15, 0.2) is 11.4 Å². The Balaban J connectivity index is 1.70. The fourth-order valence-electron chi connectivity index (χ4n) is 2.27. The Kier molecular flexibility index (Phi) is 4.18. The highest BCUT2D eigenvalue weighted by Gasteiger charge is 2.13. The van der Waals surface area contributed by atoms with Crippen molar-refractivity contribution in [1.29, 1.82) is 0 Å². The zero-order chi connectivity index (χ0) is 13.9. The Morgan fingerprint density at radius 2 is 2.10 bits per heavy atom. The van der Waals surface area contributed by atoms with Gasteiger partial charge in [0.2, 0.25) is 0 Å². The van der Waals surface area contributed by atoms with E-state index in [0.717, 1.165) is 49.3 Å². The summed E-state index contributed by atoms with van der Waals surface area (Å²) in [5.41, 5.74) is 2.22. The topological polar surface area (TPSA) is 55.5 Å². The van der Waals surface area contributed by atoms with Crippen molar-refractivity contribution < 1.29 is 4.74 Å². The van der Waals surface area contributed by atoms with Crippen molar-refractivity contribution in [1.82, 2.24) is 24.5 Å². The molecule has 0 atom stereocenters. The third-order valence-corrected chi connectivity index (χ3v) is 4.74. The van der Waals surface area contributed by atoms with Crippen molar-refractivity contribution >= 4 is 17.5 Å². The van der Waals surface area contributed by atoms with E-state index in [9.17, 15) is 0 Å². The Hall–Kier alpha value is -1.18. The summed E-state index contributed by atoms with van der Waals surface area (Å²) in [6, 6.07) is 0. The first-order chi connectivity index (χ1) is 9.75. The maximum absolute atomic E-state index is 5.37. The molecule has 0 aliphatic carbocycles. The van der Waals surface area contributed by atoms with Crippen molar-refractivity contribution in [2.45, 2.75) is 18.9 Å². The van der Waals surface area contributed by atoms with Crippen molar-refractivity contribution in [3.8, 4) is 0 Å². The van der Waals surface area contributed by atoms with Gasteiger partial charge in [-0.3, -0.25) is 4.90 Å². The molecule has 1 aliphatic heterocycles. The van der Waals surface area contributed by atoms with Crippen LogP contribution in [0.4, 0.5) is 0 Å². The van der Waals surface area contributed by atoms with Crippen LogP contribution in [0.25, 0.3) is 5.78 Å². The van der Waals surface area contributed by atoms with Crippen molar-refractivity contribution in [3.63, 3.8) is 0 Å². The fraction of sp³-hybridized carbons (Fsp3) is 0.615. The SMILES string of the molecule is Cc1nc2ncnn2c(SCCN2CCOCC2)c1C. The van der Waals surface area contributed by atoms with E-state index in [2.05, 4.69) is 26.9 Å². The lowest BCUT2D eigenvalue weighted by Gasteiger charge is -2.26. The summed E-state index contributed by atoms with van der Waals surface area (Å²) < 4.78 is 7.21. The number of hydrogen-bond donors (Lipinski definition) is 0. The molecule has 0 spiro atoms. The second kappa shape index (κ2) is 6.07. The molecule has 2 aromatic rings. The molecule has 0 aromatic carbocycles. The van der Waals surface area contributed by atoms with Crippen LogP contribution in [0.5, 0.6) is 0 Å². The number of aryl methyl sites for hydroxylation is 1. The van der Waals surface area contributed by atoms with E-state index in [1.807, 2.05) is 23.2 Å². The van der Waals surface area contributed by atoms with Crippen LogP contribution >= 0.6 is 11.8 Å². The van der Waals surface area contributed by atoms with Gasteiger partial charge in [0.15, 0.2) is 0 Å². The molecule has 108 valence electrons. The molecule has 3 heterocycles. The van der Waals surface area contributed by atoms with Crippen LogP contribution in [-0.2, 0) is 4.74 Å². The lowest BCUT2D eigenvalue weighted by molar-refractivity contribution is 0.0410. The minimum absolute atomic E-state index is 0.682. The van der Waals surface area contributed by atoms with E-state index < -0.39 is 0 Å². The highest BCUT2D eigenvalue weighted by molar-refractivity contribution is 7.99. The standard InChI is InChI=1S/C13H19N5OS/c1-10-11(2)16-13-14-9-15-18(13)12(10)20-8-5-17-3-6-19-7-4-17/h9H,3-8H2,1-2H3. The number of ether oxygens (including phenoxy) is 1. The van der Waals surface area contributed by atoms with Crippen LogP contribution in [0, 0.1) is 13.8 Å². The molecule has 0 saturated carbocycles. The molecule has 2 aromatic heterocycles. The number of fused-ring (bicyclic) bond motifs is 1. The molecule has 1 saturated heterocycles. The normalized spacial score (nSPS) is 16.9. The number of morpholine rings is 1. The Morgan fingerprint density at radius 3 is 2.90 bits per heavy atom. The average Bonchev–Trinajstić information content (AvgIpc) is 2.92. The Morgan fingerprint density at radius 1 is 1.30 bits per heavy atom. The zero-order valence-electron chi connectivity index (χ0n) is 11.9. The molecule has 3 rings (SSSR count). The summed E-state index contributed by atoms with van der Waals surface area (Å²) in [6.45, 7) is 8.97. The van der Waals surface area contributed by atoms with Gasteiger partial charge in [0.25, 0.3) is 5.78 Å². The van der Waals surface area contributed by atoms with E-state index in [4.69, 9.17) is 4.74 Å². The van der Waals surface area contributed by atoms with Gasteiger partial charge in [-0.25, -0.2) is 4.98 Å². The van der Waals surface area contributed by atoms with Crippen LogP contribution in [0.1, 0.15) is 11.3 Å². The quantitative estimate of drug-likeness (QED) is 0.623. The minimum atomic E-state index is 0.682. The van der Waals surface area contributed by atoms with Gasteiger partial charge in [0, 0.05) is 36.6 Å². The summed E-state index contributed by atoms with van der Waals surface area (Å²) in [4.78, 5) is 11.1. The zero-order valence-corrected chi connectivity index (χ0v) is 12.7. The highest BCUT2D eigenvalue weighted by Crippen LogP contribution is 2.24. The predicted octanol–water partition coefficient (Wildman–Crippen LogP) is 1.17. The summed E-state index contributed by atoms with van der Waals surface area (Å²) in [6.07, 6.45) is 1.56. The predicted molar refractivity (Wildman–Crippen MR) is 78.2 cm³/mol. The van der Waals surface area contributed by atoms with E-state index in [0.29, 0.717) is 5.78 Å². The van der Waals surface area contributed by atoms with Crippen LogP contribution in [-0.4, -0.2) is 63.1 Å². The molecule has 0 amide bonds. The van der Waals surface area contributed by atoms with Crippen LogP contribution < -0.4 is 0 Å². The number of nitrogens with zero attached hydrogens (tertiary/aromatic N) is 5. The first-order valence-corrected chi connectivity index (χ1v) is 7.84. The second-order valence-corrected chi connectivity index (χ2v) is 5.99. The highest BCUT2D eigenvalue weighted by atomic mass is 32.2. The molecule has 6 nitrogen and oxygen atoms in total. The van der Waals surface area contributed by atoms with Gasteiger partial charge in [-0.05, 0) is 13.8 Å². The lowest BCUT2D eigenvalue weighted by atomic mass is 10.3. The maximum Gasteiger partial charge on any atom is 0.253 e. The molecule has 0 bridgehead atoms. The third kappa shape index (κ3) is 2.79. The minimum Gasteiger partial charge on any atom is -0.379 e. The van der Waals surface area contributed by atoms with Gasteiger partial charge < -0.3 is 4.74 Å². The third-order valence-electron chi connectivity index (χ3n) is 3.60. The first-order valence-electron chi connectivity index (χ1n) is 6.85. The van der Waals surface area contributed by atoms with Gasteiger partial charge in [-0.1, -0.05) is 0 Å². The van der Waals surface area contributed by atoms with E-state index >= 15 is 0 Å². The van der Waals surface area contributed by atoms with Crippen molar-refractivity contribution in [3.05, 3.63) is 17.6 Å². The van der Waals surface area contributed by atoms with E-state index in [-0.39, 0.29) is 0 Å². The molecule has 20 heavy (non-hydrogen) atoms. The molecule has 0 N–H and O–H groups in total. The molecular weight excluding hydrogens is 274 g/mol. The summed E-state index contributed by atoms with van der Waals surface area (Å²) in [5.74, 6) is 1.72. The molecule has 1 aliphatic rings. The molecular formula is C13H19N5OS. The largest absolute Gasteiger partial charge is 0.379 e. The monoisotopic (exact) mass is 293 g/mol. The molecule has 0 unspecified atom stereocenters. The molecule has 1 fully saturated rings. The average molecular weight is 293 g/mol. The van der Waals surface area contributed by atoms with Gasteiger partial charge in [0.1, 0.15) is 11.4 Å². The summed E-state index contributed by atoms with van der Waals surface area (Å²) in [5, 5.41) is 5.43. The van der Waals surface area contributed by atoms with Crippen LogP contribution in [0.2, 0.25) is 0 Å². The summed E-state index contributed by atoms with van der Waals surface area (Å²) >= 11 is 1.83. The fourth-order valence-corrected chi connectivity index (χ4v) is 3.43. The number of rotatable bonds is 4. The maximum atomic E-state index is 5.37. The van der Waals surface area contributed by atoms with E-state index in [1.165, 1.54) is 5.56 Å². The van der Waals surface area contributed by atoms with Crippen molar-refractivity contribution in [2.75, 3.05) is 38.6 Å². The lowest BCUT2D eigenvalue weighted by Crippen LogP contribution is -2.37. The van der Waals surface area contributed by atoms with Crippen molar-refractivity contribution in [2.24, 2.45) is 0 Å². The van der Waals surface area contributed by atoms with E-state index in [1.54, 1.807) is 6.33 Å². The van der Waals surface area contributed by atoms with Gasteiger partial charge >= 0.3 is 0 Å². The summed E-state index contributed by atoms with van der Waals surface area (Å²) in [7, 11) is 0. The number of aromatic nitrogens is 4. The van der Waals surface area contributed by atoms with Gasteiger partial charge in [-0.2, -0.15) is 14.6 Å². The smallest absolute Gasteiger partial charge is 0.253 e. The number of hydrogen-bond acceptors (Lipinski definition) is 6. The first kappa shape index (κ1) is 13.8. The Labute approximate surface area is 122 Å². The Bertz CT molecular complexity index is 594. The number of thioether (sulfide) groups is 1. The molecule has 7 heteroatoms. The van der Waals surface area contributed by atoms with Gasteiger partial charge in [0.05, 0.1) is 13.2 Å².